The molecule has 0 bridgehead atoms. The van der Waals surface area contributed by atoms with Gasteiger partial charge in [0.15, 0.2) is 0 Å². The molecule has 0 aliphatic heterocycles. The predicted molar refractivity (Wildman–Crippen MR) is 65.9 cm³/mol. The van der Waals surface area contributed by atoms with Gasteiger partial charge < -0.3 is 0 Å². The van der Waals surface area contributed by atoms with Crippen LogP contribution in [0.4, 0.5) is 0 Å². The molecule has 0 saturated carbocycles. The normalized spacial score (nSPS) is 12.6. The Hall–Kier alpha value is -0.601. The molecule has 1 atom stereocenters. The predicted octanol–water partition coefficient (Wildman–Crippen LogP) is 2.23. The van der Waals surface area contributed by atoms with Crippen LogP contribution in [0.1, 0.15) is 11.0 Å². The second-order valence-electron chi connectivity index (χ2n) is 3.16. The van der Waals surface area contributed by atoms with Crippen molar-refractivity contribution in [3.8, 4) is 0 Å². The van der Waals surface area contributed by atoms with Crippen molar-refractivity contribution in [2.24, 2.45) is 0 Å². The minimum atomic E-state index is -0.287. The third-order valence-electron chi connectivity index (χ3n) is 2.02. The van der Waals surface area contributed by atoms with E-state index in [0.717, 1.165) is 10.2 Å². The molecule has 0 amide bonds. The molecule has 1 heterocycles. The number of hydrogen-bond donors (Lipinski definition) is 1. The number of rotatable bonds is 4. The van der Waals surface area contributed by atoms with Crippen molar-refractivity contribution in [3.63, 3.8) is 0 Å². The van der Waals surface area contributed by atoms with Crippen LogP contribution in [0.2, 0.25) is 5.32 Å². The molecule has 0 aliphatic rings. The number of aliphatic hydroxyl groups is 1. The molecular formula is C12H12OSSe. The molecule has 15 heavy (non-hydrogen) atoms. The zero-order valence-electron chi connectivity index (χ0n) is 8.17. The molecule has 2 aromatic rings. The second kappa shape index (κ2) is 5.47. The van der Waals surface area contributed by atoms with E-state index in [4.69, 9.17) is 0 Å². The summed E-state index contributed by atoms with van der Waals surface area (Å²) in [6.45, 7) is 0. The third-order valence-corrected chi connectivity index (χ3v) is 5.28. The molecular weight excluding hydrogens is 271 g/mol. The van der Waals surface area contributed by atoms with Crippen LogP contribution in [0.5, 0.6) is 0 Å². The summed E-state index contributed by atoms with van der Waals surface area (Å²) >= 11 is 1.99. The molecule has 78 valence electrons. The van der Waals surface area contributed by atoms with Gasteiger partial charge in [0.2, 0.25) is 0 Å². The van der Waals surface area contributed by atoms with E-state index in [1.807, 2.05) is 23.6 Å². The summed E-state index contributed by atoms with van der Waals surface area (Å²) in [4.78, 5) is 1.08. The zero-order valence-corrected chi connectivity index (χ0v) is 10.7. The molecule has 0 fully saturated rings. The summed E-state index contributed by atoms with van der Waals surface area (Å²) in [5.41, 5.74) is 0. The van der Waals surface area contributed by atoms with Gasteiger partial charge in [0.05, 0.1) is 0 Å². The van der Waals surface area contributed by atoms with Gasteiger partial charge in [-0.25, -0.2) is 0 Å². The summed E-state index contributed by atoms with van der Waals surface area (Å²) in [5.74, 6) is 0. The van der Waals surface area contributed by atoms with Crippen LogP contribution in [0.15, 0.2) is 47.8 Å². The first kappa shape index (κ1) is 10.9. The average Bonchev–Trinajstić information content (AvgIpc) is 2.81. The fraction of sp³-hybridized carbons (Fsp3) is 0.167. The first-order valence-corrected chi connectivity index (χ1v) is 7.70. The average molecular weight is 283 g/mol. The molecule has 2 rings (SSSR count). The SMILES string of the molecule is O[C@@H](C[Se]c1ccccc1)c1cccs1. The topological polar surface area (TPSA) is 20.2 Å². The number of benzene rings is 1. The fourth-order valence-electron chi connectivity index (χ4n) is 1.25. The Labute approximate surface area is 99.9 Å². The quantitative estimate of drug-likeness (QED) is 0.853. The van der Waals surface area contributed by atoms with E-state index in [1.165, 1.54) is 4.46 Å². The van der Waals surface area contributed by atoms with Gasteiger partial charge in [-0.1, -0.05) is 0 Å². The molecule has 0 saturated heterocycles. The summed E-state index contributed by atoms with van der Waals surface area (Å²) < 4.78 is 1.35. The van der Waals surface area contributed by atoms with E-state index in [-0.39, 0.29) is 6.10 Å². The van der Waals surface area contributed by atoms with Crippen molar-refractivity contribution >= 4 is 30.8 Å². The van der Waals surface area contributed by atoms with Crippen LogP contribution in [0, 0.1) is 0 Å². The standard InChI is InChI=1S/C12H12OSSe/c13-11(12-7-4-8-14-12)9-15-10-5-2-1-3-6-10/h1-8,11,13H,9H2/t11-/m0/s1. The third kappa shape index (κ3) is 3.18. The Morgan fingerprint density at radius 3 is 2.60 bits per heavy atom. The van der Waals surface area contributed by atoms with Gasteiger partial charge in [-0.15, -0.1) is 0 Å². The van der Waals surface area contributed by atoms with Gasteiger partial charge in [0.25, 0.3) is 0 Å². The maximum atomic E-state index is 9.90. The van der Waals surface area contributed by atoms with Crippen LogP contribution >= 0.6 is 11.3 Å². The summed E-state index contributed by atoms with van der Waals surface area (Å²) in [6, 6.07) is 14.4. The molecule has 0 radical (unpaired) electrons. The van der Waals surface area contributed by atoms with E-state index in [2.05, 4.69) is 24.3 Å². The van der Waals surface area contributed by atoms with Crippen LogP contribution in [0.25, 0.3) is 0 Å². The van der Waals surface area contributed by atoms with E-state index in [9.17, 15) is 5.11 Å². The first-order chi connectivity index (χ1) is 7.36. The summed E-state index contributed by atoms with van der Waals surface area (Å²) in [5, 5.41) is 12.8. The van der Waals surface area contributed by atoms with Crippen molar-refractivity contribution in [2.75, 3.05) is 0 Å². The fourth-order valence-corrected chi connectivity index (χ4v) is 4.05. The maximum absolute atomic E-state index is 9.90. The van der Waals surface area contributed by atoms with E-state index in [1.54, 1.807) is 11.3 Å². The Balaban J connectivity index is 1.89. The van der Waals surface area contributed by atoms with Crippen molar-refractivity contribution in [1.82, 2.24) is 0 Å². The van der Waals surface area contributed by atoms with Gasteiger partial charge in [-0.2, -0.15) is 0 Å². The van der Waals surface area contributed by atoms with Crippen molar-refractivity contribution in [2.45, 2.75) is 11.4 Å². The second-order valence-corrected chi connectivity index (χ2v) is 6.43. The molecule has 0 spiro atoms. The van der Waals surface area contributed by atoms with Crippen molar-refractivity contribution < 1.29 is 5.11 Å². The molecule has 3 heteroatoms. The van der Waals surface area contributed by atoms with Gasteiger partial charge in [-0.3, -0.25) is 0 Å². The molecule has 1 aromatic carbocycles. The molecule has 1 nitrogen and oxygen atoms in total. The van der Waals surface area contributed by atoms with Crippen LogP contribution in [0.3, 0.4) is 0 Å². The van der Waals surface area contributed by atoms with Crippen LogP contribution in [-0.4, -0.2) is 20.1 Å². The van der Waals surface area contributed by atoms with Gasteiger partial charge in [0, 0.05) is 0 Å². The Morgan fingerprint density at radius 1 is 1.13 bits per heavy atom. The molecule has 0 unspecified atom stereocenters. The van der Waals surface area contributed by atoms with E-state index < -0.39 is 0 Å². The molecule has 1 aromatic heterocycles. The number of aliphatic hydroxyl groups excluding tert-OH is 1. The van der Waals surface area contributed by atoms with Crippen LogP contribution < -0.4 is 4.46 Å². The van der Waals surface area contributed by atoms with Gasteiger partial charge in [-0.05, 0) is 0 Å². The summed E-state index contributed by atoms with van der Waals surface area (Å²) in [7, 11) is 0. The van der Waals surface area contributed by atoms with Crippen LogP contribution in [-0.2, 0) is 0 Å². The zero-order chi connectivity index (χ0) is 10.5. The van der Waals surface area contributed by atoms with Gasteiger partial charge >= 0.3 is 100 Å². The minimum absolute atomic E-state index is 0.287. The Morgan fingerprint density at radius 2 is 1.93 bits per heavy atom. The molecule has 1 N–H and O–H groups in total. The number of hydrogen-bond acceptors (Lipinski definition) is 2. The number of thiophene rings is 1. The Kier molecular flexibility index (Phi) is 3.98. The summed E-state index contributed by atoms with van der Waals surface area (Å²) in [6.07, 6.45) is -0.287. The van der Waals surface area contributed by atoms with Crippen molar-refractivity contribution in [1.29, 1.82) is 0 Å². The van der Waals surface area contributed by atoms with Gasteiger partial charge in [0.1, 0.15) is 0 Å². The van der Waals surface area contributed by atoms with Crippen molar-refractivity contribution in [3.05, 3.63) is 52.7 Å². The first-order valence-electron chi connectivity index (χ1n) is 4.75. The Bertz CT molecular complexity index is 385. The molecule has 0 aliphatic carbocycles. The monoisotopic (exact) mass is 284 g/mol. The van der Waals surface area contributed by atoms with E-state index in [0.29, 0.717) is 15.0 Å². The van der Waals surface area contributed by atoms with E-state index >= 15 is 0 Å².